The van der Waals surface area contributed by atoms with E-state index >= 15 is 0 Å². The fraction of sp³-hybridized carbons (Fsp3) is 0.588. The number of nitrogens with one attached hydrogen (secondary N) is 1. The summed E-state index contributed by atoms with van der Waals surface area (Å²) in [4.78, 5) is 24.3. The Labute approximate surface area is 145 Å². The number of aromatic nitrogens is 2. The van der Waals surface area contributed by atoms with Gasteiger partial charge in [0.2, 0.25) is 5.91 Å². The van der Waals surface area contributed by atoms with E-state index in [0.717, 1.165) is 35.4 Å². The van der Waals surface area contributed by atoms with Gasteiger partial charge in [0.1, 0.15) is 23.0 Å². The van der Waals surface area contributed by atoms with Crippen LogP contribution in [0.1, 0.15) is 33.1 Å². The number of anilines is 1. The van der Waals surface area contributed by atoms with E-state index in [1.165, 1.54) is 0 Å². The maximum atomic E-state index is 12.6. The van der Waals surface area contributed by atoms with Crippen LogP contribution in [0.2, 0.25) is 0 Å². The molecule has 1 amide bonds. The van der Waals surface area contributed by atoms with Crippen molar-refractivity contribution in [3.05, 3.63) is 17.8 Å². The topological polar surface area (TPSA) is 78.4 Å². The predicted octanol–water partition coefficient (Wildman–Crippen LogP) is 2.18. The fourth-order valence-corrected chi connectivity index (χ4v) is 3.99. The van der Waals surface area contributed by atoms with Crippen LogP contribution >= 0.6 is 11.3 Å². The Kier molecular flexibility index (Phi) is 5.30. The van der Waals surface area contributed by atoms with Gasteiger partial charge in [-0.2, -0.15) is 0 Å². The number of carbonyl (C=O) groups excluding carboxylic acids is 1. The predicted molar refractivity (Wildman–Crippen MR) is 96.3 cm³/mol. The van der Waals surface area contributed by atoms with Crippen LogP contribution in [0.3, 0.4) is 0 Å². The molecule has 2 atom stereocenters. The van der Waals surface area contributed by atoms with Crippen molar-refractivity contribution in [2.24, 2.45) is 5.92 Å². The van der Waals surface area contributed by atoms with Crippen molar-refractivity contribution in [1.82, 2.24) is 15.3 Å². The summed E-state index contributed by atoms with van der Waals surface area (Å²) < 4.78 is 0. The van der Waals surface area contributed by atoms with E-state index in [1.807, 2.05) is 11.4 Å². The first-order valence-electron chi connectivity index (χ1n) is 8.47. The minimum Gasteiger partial charge on any atom is -0.391 e. The summed E-state index contributed by atoms with van der Waals surface area (Å²) in [5, 5.41) is 15.9. The van der Waals surface area contributed by atoms with E-state index in [0.29, 0.717) is 18.9 Å². The Bertz CT molecular complexity index is 703. The van der Waals surface area contributed by atoms with Gasteiger partial charge >= 0.3 is 0 Å². The Morgan fingerprint density at radius 2 is 2.33 bits per heavy atom. The van der Waals surface area contributed by atoms with Gasteiger partial charge in [-0.3, -0.25) is 4.79 Å². The molecule has 0 saturated carbocycles. The van der Waals surface area contributed by atoms with Gasteiger partial charge in [-0.25, -0.2) is 9.97 Å². The lowest BCUT2D eigenvalue weighted by Gasteiger charge is -2.26. The van der Waals surface area contributed by atoms with Crippen LogP contribution in [0, 0.1) is 5.92 Å². The third-order valence-corrected chi connectivity index (χ3v) is 5.14. The molecule has 24 heavy (non-hydrogen) atoms. The van der Waals surface area contributed by atoms with E-state index in [9.17, 15) is 9.90 Å². The molecule has 7 heteroatoms. The van der Waals surface area contributed by atoms with Crippen molar-refractivity contribution in [3.63, 3.8) is 0 Å². The third kappa shape index (κ3) is 3.67. The Balaban J connectivity index is 1.69. The zero-order valence-corrected chi connectivity index (χ0v) is 14.9. The smallest absolute Gasteiger partial charge is 0.242 e. The number of carbonyl (C=O) groups is 1. The highest BCUT2D eigenvalue weighted by molar-refractivity contribution is 7.16. The number of aliphatic hydroxyl groups is 1. The normalized spacial score (nSPS) is 19.2. The number of amides is 1. The van der Waals surface area contributed by atoms with Gasteiger partial charge in [0.25, 0.3) is 0 Å². The maximum Gasteiger partial charge on any atom is 0.242 e. The molecule has 3 heterocycles. The van der Waals surface area contributed by atoms with Crippen molar-refractivity contribution >= 4 is 33.3 Å². The lowest BCUT2D eigenvalue weighted by atomic mass is 10.1. The van der Waals surface area contributed by atoms with Crippen LogP contribution in [0.25, 0.3) is 10.2 Å². The molecule has 2 N–H and O–H groups in total. The van der Waals surface area contributed by atoms with Gasteiger partial charge in [-0.15, -0.1) is 11.3 Å². The SMILES string of the molecule is CC(C)CC(O)CNC(=O)C1CCCN1c1ncnc2sccc12. The Hall–Kier alpha value is -1.73. The summed E-state index contributed by atoms with van der Waals surface area (Å²) in [6.07, 6.45) is 3.53. The van der Waals surface area contributed by atoms with Crippen LogP contribution < -0.4 is 10.2 Å². The average molecular weight is 348 g/mol. The minimum absolute atomic E-state index is 0.0303. The van der Waals surface area contributed by atoms with Crippen LogP contribution in [-0.2, 0) is 4.79 Å². The van der Waals surface area contributed by atoms with E-state index in [1.54, 1.807) is 17.7 Å². The van der Waals surface area contributed by atoms with Crippen molar-refractivity contribution in [2.45, 2.75) is 45.3 Å². The molecule has 1 saturated heterocycles. The molecule has 6 nitrogen and oxygen atoms in total. The molecule has 0 bridgehead atoms. The van der Waals surface area contributed by atoms with Crippen LogP contribution in [0.4, 0.5) is 5.82 Å². The molecule has 1 aliphatic heterocycles. The molecule has 0 aliphatic carbocycles. The van der Waals surface area contributed by atoms with Crippen molar-refractivity contribution in [3.8, 4) is 0 Å². The molecule has 130 valence electrons. The summed E-state index contributed by atoms with van der Waals surface area (Å²) in [6, 6.07) is 1.78. The molecular formula is C17H24N4O2S. The number of nitrogens with zero attached hydrogens (tertiary/aromatic N) is 3. The highest BCUT2D eigenvalue weighted by atomic mass is 32.1. The van der Waals surface area contributed by atoms with E-state index < -0.39 is 6.10 Å². The van der Waals surface area contributed by atoms with Crippen LogP contribution in [-0.4, -0.2) is 46.2 Å². The lowest BCUT2D eigenvalue weighted by Crippen LogP contribution is -2.46. The first-order chi connectivity index (χ1) is 11.6. The molecule has 1 aliphatic rings. The van der Waals surface area contributed by atoms with E-state index in [-0.39, 0.29) is 11.9 Å². The number of rotatable bonds is 6. The summed E-state index contributed by atoms with van der Waals surface area (Å²) in [6.45, 7) is 5.24. The van der Waals surface area contributed by atoms with Gasteiger partial charge in [-0.1, -0.05) is 13.8 Å². The standard InChI is InChI=1S/C17H24N4O2S/c1-11(2)8-12(22)9-18-16(23)14-4-3-6-21(14)15-13-5-7-24-17(13)20-10-19-15/h5,7,10-12,14,22H,3-4,6,8-9H2,1-2H3,(H,18,23). The monoisotopic (exact) mass is 348 g/mol. The summed E-state index contributed by atoms with van der Waals surface area (Å²) in [5.41, 5.74) is 0. The second-order valence-electron chi connectivity index (χ2n) is 6.72. The first-order valence-corrected chi connectivity index (χ1v) is 9.35. The quantitative estimate of drug-likeness (QED) is 0.837. The number of hydrogen-bond donors (Lipinski definition) is 2. The van der Waals surface area contributed by atoms with Gasteiger partial charge in [0, 0.05) is 13.1 Å². The maximum absolute atomic E-state index is 12.6. The largest absolute Gasteiger partial charge is 0.391 e. The number of fused-ring (bicyclic) bond motifs is 1. The minimum atomic E-state index is -0.494. The van der Waals surface area contributed by atoms with Crippen LogP contribution in [0.15, 0.2) is 17.8 Å². The first kappa shape index (κ1) is 17.1. The van der Waals surface area contributed by atoms with Gasteiger partial charge in [0.05, 0.1) is 11.5 Å². The molecule has 2 aromatic rings. The second-order valence-corrected chi connectivity index (χ2v) is 7.61. The van der Waals surface area contributed by atoms with E-state index in [2.05, 4.69) is 34.0 Å². The molecule has 1 fully saturated rings. The van der Waals surface area contributed by atoms with Crippen LogP contribution in [0.5, 0.6) is 0 Å². The van der Waals surface area contributed by atoms with Crippen molar-refractivity contribution < 1.29 is 9.90 Å². The molecule has 0 aromatic carbocycles. The molecule has 0 radical (unpaired) electrons. The molecular weight excluding hydrogens is 324 g/mol. The lowest BCUT2D eigenvalue weighted by molar-refractivity contribution is -0.122. The Morgan fingerprint density at radius 3 is 3.12 bits per heavy atom. The number of thiophene rings is 1. The molecule has 2 unspecified atom stereocenters. The second kappa shape index (κ2) is 7.44. The molecule has 0 spiro atoms. The van der Waals surface area contributed by atoms with Crippen molar-refractivity contribution in [1.29, 1.82) is 0 Å². The van der Waals surface area contributed by atoms with Crippen molar-refractivity contribution in [2.75, 3.05) is 18.0 Å². The summed E-state index contributed by atoms with van der Waals surface area (Å²) in [5.74, 6) is 1.21. The Morgan fingerprint density at radius 1 is 1.50 bits per heavy atom. The zero-order chi connectivity index (χ0) is 17.1. The number of aliphatic hydroxyl groups excluding tert-OH is 1. The van der Waals surface area contributed by atoms with E-state index in [4.69, 9.17) is 0 Å². The number of hydrogen-bond acceptors (Lipinski definition) is 6. The molecule has 2 aromatic heterocycles. The highest BCUT2D eigenvalue weighted by Gasteiger charge is 2.32. The third-order valence-electron chi connectivity index (χ3n) is 4.32. The van der Waals surface area contributed by atoms with Gasteiger partial charge in [0.15, 0.2) is 0 Å². The average Bonchev–Trinajstić information content (AvgIpc) is 3.20. The summed E-state index contributed by atoms with van der Waals surface area (Å²) in [7, 11) is 0. The van der Waals surface area contributed by atoms with Gasteiger partial charge in [-0.05, 0) is 36.6 Å². The van der Waals surface area contributed by atoms with Gasteiger partial charge < -0.3 is 15.3 Å². The fourth-order valence-electron chi connectivity index (χ4n) is 3.26. The molecule has 3 rings (SSSR count). The highest BCUT2D eigenvalue weighted by Crippen LogP contribution is 2.31. The zero-order valence-electron chi connectivity index (χ0n) is 14.1. The summed E-state index contributed by atoms with van der Waals surface area (Å²) >= 11 is 1.58.